The molecule has 150 valence electrons. The zero-order valence-electron chi connectivity index (χ0n) is 16.8. The van der Waals surface area contributed by atoms with Crippen molar-refractivity contribution in [1.82, 2.24) is 4.90 Å². The molecule has 0 aromatic heterocycles. The van der Waals surface area contributed by atoms with Crippen LogP contribution in [0.5, 0.6) is 0 Å². The Morgan fingerprint density at radius 2 is 1.85 bits per heavy atom. The molecule has 2 saturated carbocycles. The molecule has 3 nitrogen and oxygen atoms in total. The topological polar surface area (TPSA) is 32.7 Å². The molecule has 0 radical (unpaired) electrons. The molecule has 1 N–H and O–H groups in total. The number of piperidine rings is 1. The van der Waals surface area contributed by atoms with Crippen molar-refractivity contribution in [3.63, 3.8) is 0 Å². The van der Waals surface area contributed by atoms with E-state index in [-0.39, 0.29) is 6.10 Å². The van der Waals surface area contributed by atoms with Crippen molar-refractivity contribution in [3.05, 3.63) is 35.9 Å². The summed E-state index contributed by atoms with van der Waals surface area (Å²) >= 11 is 0. The van der Waals surface area contributed by atoms with Gasteiger partial charge in [0.2, 0.25) is 0 Å². The van der Waals surface area contributed by atoms with Crippen molar-refractivity contribution < 1.29 is 9.84 Å². The third kappa shape index (κ3) is 5.56. The smallest absolute Gasteiger partial charge is 0.0900 e. The average molecular weight is 372 g/mol. The molecule has 3 aliphatic rings. The normalized spacial score (nSPS) is 30.0. The first kappa shape index (κ1) is 19.4. The molecule has 4 rings (SSSR count). The quantitative estimate of drug-likeness (QED) is 0.662. The fourth-order valence-electron chi connectivity index (χ4n) is 5.86. The van der Waals surface area contributed by atoms with Crippen molar-refractivity contribution in [2.45, 2.75) is 57.5 Å². The summed E-state index contributed by atoms with van der Waals surface area (Å²) in [4.78, 5) is 2.42. The van der Waals surface area contributed by atoms with Crippen LogP contribution in [0.1, 0.15) is 50.5 Å². The number of rotatable bonds is 9. The summed E-state index contributed by atoms with van der Waals surface area (Å²) < 4.78 is 5.83. The highest BCUT2D eigenvalue weighted by molar-refractivity contribution is 5.15. The molecule has 4 atom stereocenters. The maximum absolute atomic E-state index is 10.3. The Labute approximate surface area is 165 Å². The van der Waals surface area contributed by atoms with Gasteiger partial charge in [-0.05, 0) is 87.3 Å². The SMILES string of the molecule is O[C@@H](COCC[C@@H]1C[C@H]2CC[C@H]1C2)CN1CCC(Cc2ccccc2)CC1. The number of ether oxygens (including phenoxy) is 1. The number of β-amino-alcohol motifs (C(OH)–C–C–N with tert-alkyl or cyclic N) is 1. The van der Waals surface area contributed by atoms with Gasteiger partial charge in [0, 0.05) is 13.2 Å². The van der Waals surface area contributed by atoms with Gasteiger partial charge in [0.05, 0.1) is 12.7 Å². The Balaban J connectivity index is 1.06. The number of hydrogen-bond acceptors (Lipinski definition) is 3. The van der Waals surface area contributed by atoms with Gasteiger partial charge in [-0.3, -0.25) is 0 Å². The minimum absolute atomic E-state index is 0.337. The molecule has 3 heteroatoms. The van der Waals surface area contributed by atoms with Crippen molar-refractivity contribution in [2.75, 3.05) is 32.8 Å². The Morgan fingerprint density at radius 1 is 1.04 bits per heavy atom. The van der Waals surface area contributed by atoms with Crippen molar-refractivity contribution in [3.8, 4) is 0 Å². The third-order valence-corrected chi connectivity index (χ3v) is 7.37. The molecule has 1 heterocycles. The molecule has 1 aromatic rings. The molecular formula is C24H37NO2. The lowest BCUT2D eigenvalue weighted by Crippen LogP contribution is -2.40. The van der Waals surface area contributed by atoms with Crippen LogP contribution >= 0.6 is 0 Å². The zero-order chi connectivity index (χ0) is 18.5. The van der Waals surface area contributed by atoms with E-state index in [4.69, 9.17) is 4.74 Å². The van der Waals surface area contributed by atoms with Crippen LogP contribution in [-0.4, -0.2) is 49.0 Å². The predicted molar refractivity (Wildman–Crippen MR) is 110 cm³/mol. The lowest BCUT2D eigenvalue weighted by atomic mass is 9.87. The summed E-state index contributed by atoms with van der Waals surface area (Å²) in [5.41, 5.74) is 1.46. The van der Waals surface area contributed by atoms with E-state index in [0.29, 0.717) is 6.61 Å². The van der Waals surface area contributed by atoms with Gasteiger partial charge in [-0.15, -0.1) is 0 Å². The molecule has 0 spiro atoms. The van der Waals surface area contributed by atoms with E-state index in [2.05, 4.69) is 35.2 Å². The Hall–Kier alpha value is -0.900. The molecule has 3 fully saturated rings. The lowest BCUT2D eigenvalue weighted by molar-refractivity contribution is 0.00547. The van der Waals surface area contributed by atoms with Gasteiger partial charge in [0.25, 0.3) is 0 Å². The molecule has 0 amide bonds. The van der Waals surface area contributed by atoms with Crippen LogP contribution in [0.4, 0.5) is 0 Å². The van der Waals surface area contributed by atoms with Gasteiger partial charge in [-0.1, -0.05) is 36.8 Å². The van der Waals surface area contributed by atoms with Gasteiger partial charge in [0.15, 0.2) is 0 Å². The number of nitrogens with zero attached hydrogens (tertiary/aromatic N) is 1. The highest BCUT2D eigenvalue weighted by Crippen LogP contribution is 2.49. The molecule has 27 heavy (non-hydrogen) atoms. The van der Waals surface area contributed by atoms with Crippen LogP contribution in [-0.2, 0) is 11.2 Å². The number of hydrogen-bond donors (Lipinski definition) is 1. The maximum atomic E-state index is 10.3. The molecule has 2 bridgehead atoms. The van der Waals surface area contributed by atoms with E-state index in [9.17, 15) is 5.11 Å². The number of aliphatic hydroxyl groups is 1. The minimum atomic E-state index is -0.337. The standard InChI is InChI=1S/C24H37NO2/c26-24(18-27-13-10-23-16-21-6-7-22(23)15-21)17-25-11-8-20(9-12-25)14-19-4-2-1-3-5-19/h1-5,20-24,26H,6-18H2/t21-,22-,23+,24+/m0/s1. The van der Waals surface area contributed by atoms with Crippen LogP contribution in [0.15, 0.2) is 30.3 Å². The van der Waals surface area contributed by atoms with E-state index < -0.39 is 0 Å². The predicted octanol–water partition coefficient (Wildman–Crippen LogP) is 4.14. The van der Waals surface area contributed by atoms with E-state index >= 15 is 0 Å². The van der Waals surface area contributed by atoms with Crippen molar-refractivity contribution in [2.24, 2.45) is 23.7 Å². The number of aliphatic hydroxyl groups excluding tert-OH is 1. The highest BCUT2D eigenvalue weighted by atomic mass is 16.5. The highest BCUT2D eigenvalue weighted by Gasteiger charge is 2.38. The molecule has 1 aromatic carbocycles. The first-order chi connectivity index (χ1) is 13.3. The molecule has 0 unspecified atom stereocenters. The van der Waals surface area contributed by atoms with Crippen LogP contribution in [0.25, 0.3) is 0 Å². The molecular weight excluding hydrogens is 334 g/mol. The van der Waals surface area contributed by atoms with Crippen LogP contribution in [0, 0.1) is 23.7 Å². The summed E-state index contributed by atoms with van der Waals surface area (Å²) in [7, 11) is 0. The van der Waals surface area contributed by atoms with E-state index in [1.165, 1.54) is 56.9 Å². The van der Waals surface area contributed by atoms with Crippen LogP contribution in [0.3, 0.4) is 0 Å². The summed E-state index contributed by atoms with van der Waals surface area (Å²) in [6.07, 6.45) is 10.4. The monoisotopic (exact) mass is 371 g/mol. The molecule has 2 aliphatic carbocycles. The van der Waals surface area contributed by atoms with E-state index in [1.54, 1.807) is 0 Å². The van der Waals surface area contributed by atoms with Gasteiger partial charge < -0.3 is 14.7 Å². The second kappa shape index (κ2) is 9.54. The molecule has 1 aliphatic heterocycles. The van der Waals surface area contributed by atoms with Gasteiger partial charge in [-0.2, -0.15) is 0 Å². The number of fused-ring (bicyclic) bond motifs is 2. The first-order valence-corrected chi connectivity index (χ1v) is 11.3. The van der Waals surface area contributed by atoms with Crippen molar-refractivity contribution >= 4 is 0 Å². The second-order valence-corrected chi connectivity index (χ2v) is 9.39. The number of benzene rings is 1. The van der Waals surface area contributed by atoms with E-state index in [0.717, 1.165) is 49.9 Å². The van der Waals surface area contributed by atoms with Gasteiger partial charge >= 0.3 is 0 Å². The van der Waals surface area contributed by atoms with Crippen molar-refractivity contribution in [1.29, 1.82) is 0 Å². The first-order valence-electron chi connectivity index (χ1n) is 11.3. The summed E-state index contributed by atoms with van der Waals surface area (Å²) in [6.45, 7) is 4.33. The third-order valence-electron chi connectivity index (χ3n) is 7.37. The summed E-state index contributed by atoms with van der Waals surface area (Å²) in [5, 5.41) is 10.3. The molecule has 1 saturated heterocycles. The van der Waals surface area contributed by atoms with Crippen LogP contribution in [0.2, 0.25) is 0 Å². The fraction of sp³-hybridized carbons (Fsp3) is 0.750. The fourth-order valence-corrected chi connectivity index (χ4v) is 5.86. The van der Waals surface area contributed by atoms with Crippen LogP contribution < -0.4 is 0 Å². The van der Waals surface area contributed by atoms with E-state index in [1.807, 2.05) is 0 Å². The minimum Gasteiger partial charge on any atom is -0.389 e. The van der Waals surface area contributed by atoms with Gasteiger partial charge in [0.1, 0.15) is 0 Å². The average Bonchev–Trinajstić information content (AvgIpc) is 3.31. The summed E-state index contributed by atoms with van der Waals surface area (Å²) in [6, 6.07) is 10.8. The maximum Gasteiger partial charge on any atom is 0.0900 e. The largest absolute Gasteiger partial charge is 0.389 e. The summed E-state index contributed by atoms with van der Waals surface area (Å²) in [5.74, 6) is 3.71. The number of likely N-dealkylation sites (tertiary alicyclic amines) is 1. The lowest BCUT2D eigenvalue weighted by Gasteiger charge is -2.33. The Bertz CT molecular complexity index is 555. The van der Waals surface area contributed by atoms with Gasteiger partial charge in [-0.25, -0.2) is 0 Å². The second-order valence-electron chi connectivity index (χ2n) is 9.39. The Morgan fingerprint density at radius 3 is 2.56 bits per heavy atom. The zero-order valence-corrected chi connectivity index (χ0v) is 16.8. The Kier molecular flexibility index (Phi) is 6.86.